The van der Waals surface area contributed by atoms with E-state index in [9.17, 15) is 18.0 Å². The van der Waals surface area contributed by atoms with Crippen LogP contribution in [0.4, 0.5) is 5.00 Å². The highest BCUT2D eigenvalue weighted by Crippen LogP contribution is 2.38. The Kier molecular flexibility index (Phi) is 7.96. The van der Waals surface area contributed by atoms with Crippen LogP contribution in [-0.2, 0) is 39.8 Å². The molecule has 0 aliphatic heterocycles. The van der Waals surface area contributed by atoms with Crippen molar-refractivity contribution in [1.29, 1.82) is 0 Å². The number of carbonyl (C=O) groups is 2. The number of allylic oxidation sites excluding steroid dienone is 1. The third-order valence-electron chi connectivity index (χ3n) is 5.81. The Balaban J connectivity index is 1.47. The van der Waals surface area contributed by atoms with Crippen LogP contribution >= 0.6 is 23.1 Å². The molecule has 2 amide bonds. The lowest BCUT2D eigenvalue weighted by Gasteiger charge is -2.11. The van der Waals surface area contributed by atoms with E-state index in [-0.39, 0.29) is 28.1 Å². The summed E-state index contributed by atoms with van der Waals surface area (Å²) < 4.78 is 27.4. The van der Waals surface area contributed by atoms with Crippen molar-refractivity contribution in [2.75, 3.05) is 11.1 Å². The Hall–Kier alpha value is -2.96. The molecular weight excluding hydrogens is 518 g/mol. The molecule has 1 aliphatic carbocycles. The number of rotatable bonds is 10. The van der Waals surface area contributed by atoms with Gasteiger partial charge in [0, 0.05) is 11.4 Å². The van der Waals surface area contributed by atoms with Crippen molar-refractivity contribution in [2.24, 2.45) is 5.73 Å². The Bertz CT molecular complexity index is 1410. The summed E-state index contributed by atoms with van der Waals surface area (Å²) in [6.07, 6.45) is 5.33. The number of nitrogens with zero attached hydrogens (tertiary/aromatic N) is 3. The highest BCUT2D eigenvalue weighted by molar-refractivity contribution is 7.99. The molecule has 12 heteroatoms. The standard InChI is InChI=1S/C24H27N5O4S3/c1-3-12-29-19(14-36(32,33)16-10-8-15(2)9-11-16)27-28-24(29)34-13-20(30)26-23-21(22(25)31)17-6-4-5-7-18(17)35-23/h3,8-11H,1,4-7,12-14H2,2H3,(H2,25,31)(H,26,30). The van der Waals surface area contributed by atoms with Crippen molar-refractivity contribution >= 4 is 49.8 Å². The molecule has 2 heterocycles. The maximum absolute atomic E-state index is 12.9. The third kappa shape index (κ3) is 5.71. The molecule has 0 fully saturated rings. The van der Waals surface area contributed by atoms with Crippen LogP contribution in [0.25, 0.3) is 0 Å². The highest BCUT2D eigenvalue weighted by atomic mass is 32.2. The zero-order valence-corrected chi connectivity index (χ0v) is 22.3. The van der Waals surface area contributed by atoms with Crippen molar-refractivity contribution < 1.29 is 18.0 Å². The summed E-state index contributed by atoms with van der Waals surface area (Å²) >= 11 is 2.54. The molecule has 0 radical (unpaired) electrons. The van der Waals surface area contributed by atoms with Gasteiger partial charge in [0.25, 0.3) is 5.91 Å². The van der Waals surface area contributed by atoms with Gasteiger partial charge in [0.1, 0.15) is 16.6 Å². The largest absolute Gasteiger partial charge is 0.365 e. The molecule has 0 bridgehead atoms. The summed E-state index contributed by atoms with van der Waals surface area (Å²) in [5.41, 5.74) is 7.93. The third-order valence-corrected chi connectivity index (χ3v) is 9.61. The first-order chi connectivity index (χ1) is 17.2. The molecule has 190 valence electrons. The number of aryl methyl sites for hydroxylation is 2. The topological polar surface area (TPSA) is 137 Å². The van der Waals surface area contributed by atoms with Gasteiger partial charge in [0.15, 0.2) is 15.0 Å². The van der Waals surface area contributed by atoms with E-state index in [0.717, 1.165) is 53.4 Å². The molecule has 2 aromatic heterocycles. The van der Waals surface area contributed by atoms with E-state index >= 15 is 0 Å². The van der Waals surface area contributed by atoms with E-state index in [0.29, 0.717) is 22.3 Å². The predicted molar refractivity (Wildman–Crippen MR) is 141 cm³/mol. The van der Waals surface area contributed by atoms with Crippen LogP contribution in [0.5, 0.6) is 0 Å². The van der Waals surface area contributed by atoms with Gasteiger partial charge < -0.3 is 15.6 Å². The van der Waals surface area contributed by atoms with Crippen LogP contribution < -0.4 is 11.1 Å². The summed E-state index contributed by atoms with van der Waals surface area (Å²) in [7, 11) is -3.63. The Labute approximate surface area is 218 Å². The van der Waals surface area contributed by atoms with E-state index < -0.39 is 15.7 Å². The van der Waals surface area contributed by atoms with Gasteiger partial charge in [-0.3, -0.25) is 9.59 Å². The number of nitrogens with one attached hydrogen (secondary N) is 1. The van der Waals surface area contributed by atoms with Gasteiger partial charge in [-0.05, 0) is 50.3 Å². The number of aromatic nitrogens is 3. The lowest BCUT2D eigenvalue weighted by molar-refractivity contribution is -0.113. The number of amides is 2. The Morgan fingerprint density at radius 1 is 1.22 bits per heavy atom. The SMILES string of the molecule is C=CCn1c(CS(=O)(=O)c2ccc(C)cc2)nnc1SCC(=O)Nc1sc2c(c1C(N)=O)CCCC2. The minimum atomic E-state index is -3.63. The summed E-state index contributed by atoms with van der Waals surface area (Å²) in [5, 5.41) is 11.9. The van der Waals surface area contributed by atoms with E-state index in [2.05, 4.69) is 22.1 Å². The number of thioether (sulfide) groups is 1. The lowest BCUT2D eigenvalue weighted by Crippen LogP contribution is -2.19. The van der Waals surface area contributed by atoms with E-state index in [1.54, 1.807) is 34.9 Å². The molecule has 1 aliphatic rings. The first kappa shape index (κ1) is 26.1. The summed E-state index contributed by atoms with van der Waals surface area (Å²) in [5.74, 6) is -0.918. The molecule has 0 atom stereocenters. The van der Waals surface area contributed by atoms with Crippen molar-refractivity contribution in [2.45, 2.75) is 55.0 Å². The molecular formula is C24H27N5O4S3. The number of nitrogens with two attached hydrogens (primary N) is 1. The molecule has 0 unspecified atom stereocenters. The smallest absolute Gasteiger partial charge is 0.251 e. The second-order valence-corrected chi connectivity index (χ2v) is 12.5. The quantitative estimate of drug-likeness (QED) is 0.294. The number of fused-ring (bicyclic) bond motifs is 1. The maximum Gasteiger partial charge on any atom is 0.251 e. The molecule has 0 saturated heterocycles. The number of anilines is 1. The number of thiophene rings is 1. The van der Waals surface area contributed by atoms with Gasteiger partial charge in [-0.15, -0.1) is 28.1 Å². The lowest BCUT2D eigenvalue weighted by atomic mass is 9.95. The molecule has 0 spiro atoms. The summed E-state index contributed by atoms with van der Waals surface area (Å²) in [4.78, 5) is 26.1. The van der Waals surface area contributed by atoms with Crippen molar-refractivity contribution in [1.82, 2.24) is 14.8 Å². The van der Waals surface area contributed by atoms with Crippen LogP contribution in [0, 0.1) is 6.92 Å². The molecule has 4 rings (SSSR count). The van der Waals surface area contributed by atoms with Crippen LogP contribution in [-0.4, -0.2) is 40.7 Å². The predicted octanol–water partition coefficient (Wildman–Crippen LogP) is 3.52. The number of sulfone groups is 1. The van der Waals surface area contributed by atoms with Gasteiger partial charge in [-0.1, -0.05) is 35.5 Å². The molecule has 3 aromatic rings. The monoisotopic (exact) mass is 545 g/mol. The van der Waals surface area contributed by atoms with Crippen LogP contribution in [0.3, 0.4) is 0 Å². The maximum atomic E-state index is 12.9. The highest BCUT2D eigenvalue weighted by Gasteiger charge is 2.26. The molecule has 3 N–H and O–H groups in total. The molecule has 9 nitrogen and oxygen atoms in total. The number of carbonyl (C=O) groups excluding carboxylic acids is 2. The van der Waals surface area contributed by atoms with Gasteiger partial charge in [-0.25, -0.2) is 8.42 Å². The zero-order valence-electron chi connectivity index (χ0n) is 19.8. The average Bonchev–Trinajstić information content (AvgIpc) is 3.38. The van der Waals surface area contributed by atoms with E-state index in [4.69, 9.17) is 5.73 Å². The van der Waals surface area contributed by atoms with Crippen molar-refractivity contribution in [3.8, 4) is 0 Å². The summed E-state index contributed by atoms with van der Waals surface area (Å²) in [6, 6.07) is 6.63. The second kappa shape index (κ2) is 11.0. The van der Waals surface area contributed by atoms with Crippen LogP contribution in [0.15, 0.2) is 47.0 Å². The van der Waals surface area contributed by atoms with Crippen molar-refractivity contribution in [3.63, 3.8) is 0 Å². The number of hydrogen-bond donors (Lipinski definition) is 2. The van der Waals surface area contributed by atoms with Crippen LogP contribution in [0.2, 0.25) is 0 Å². The summed E-state index contributed by atoms with van der Waals surface area (Å²) in [6.45, 7) is 5.91. The fourth-order valence-corrected chi connectivity index (χ4v) is 7.40. The minimum absolute atomic E-state index is 0.000751. The number of benzene rings is 1. The van der Waals surface area contributed by atoms with Gasteiger partial charge in [0.2, 0.25) is 5.91 Å². The van der Waals surface area contributed by atoms with Crippen molar-refractivity contribution in [3.05, 3.63) is 64.3 Å². The molecule has 1 aromatic carbocycles. The minimum Gasteiger partial charge on any atom is -0.365 e. The number of hydrogen-bond acceptors (Lipinski definition) is 8. The average molecular weight is 546 g/mol. The molecule has 36 heavy (non-hydrogen) atoms. The van der Waals surface area contributed by atoms with Gasteiger partial charge in [-0.2, -0.15) is 0 Å². The van der Waals surface area contributed by atoms with E-state index in [1.807, 2.05) is 6.92 Å². The Morgan fingerprint density at radius 3 is 2.64 bits per heavy atom. The zero-order chi connectivity index (χ0) is 25.9. The van der Waals surface area contributed by atoms with Gasteiger partial charge >= 0.3 is 0 Å². The van der Waals surface area contributed by atoms with Gasteiger partial charge in [0.05, 0.1) is 16.2 Å². The second-order valence-electron chi connectivity index (χ2n) is 8.49. The number of primary amides is 1. The fraction of sp³-hybridized carbons (Fsp3) is 0.333. The van der Waals surface area contributed by atoms with E-state index in [1.165, 1.54) is 11.3 Å². The van der Waals surface area contributed by atoms with Crippen LogP contribution in [0.1, 0.15) is 45.0 Å². The first-order valence-electron chi connectivity index (χ1n) is 11.4. The molecule has 0 saturated carbocycles. The fourth-order valence-electron chi connectivity index (χ4n) is 4.05. The Morgan fingerprint density at radius 2 is 1.94 bits per heavy atom. The first-order valence-corrected chi connectivity index (χ1v) is 14.8. The normalized spacial score (nSPS) is 13.2.